The fourth-order valence-electron chi connectivity index (χ4n) is 4.13. The van der Waals surface area contributed by atoms with Gasteiger partial charge in [0, 0.05) is 43.5 Å². The molecule has 4 rings (SSSR count). The van der Waals surface area contributed by atoms with E-state index in [2.05, 4.69) is 64.8 Å². The minimum Gasteiger partial charge on any atom is -0.497 e. The Labute approximate surface area is 167 Å². The van der Waals surface area contributed by atoms with Gasteiger partial charge >= 0.3 is 0 Å². The molecular weight excluding hydrogens is 348 g/mol. The van der Waals surface area contributed by atoms with Gasteiger partial charge in [0.15, 0.2) is 0 Å². The molecule has 1 fully saturated rings. The van der Waals surface area contributed by atoms with Crippen molar-refractivity contribution in [2.75, 3.05) is 38.8 Å². The number of nitrogens with zero attached hydrogens (tertiary/aromatic N) is 1. The summed E-state index contributed by atoms with van der Waals surface area (Å²) in [5, 5.41) is 6.19. The van der Waals surface area contributed by atoms with E-state index in [1.807, 2.05) is 6.07 Å². The number of methoxy groups -OCH3 is 2. The van der Waals surface area contributed by atoms with Gasteiger partial charge < -0.3 is 19.7 Å². The largest absolute Gasteiger partial charge is 0.497 e. The Kier molecular flexibility index (Phi) is 5.68. The SMILES string of the molecule is COc1cccc(N2CCC(CNCc3c(OC)ccc4ccccc34)C2)c1. The maximum atomic E-state index is 5.61. The van der Waals surface area contributed by atoms with Crippen molar-refractivity contribution in [1.82, 2.24) is 5.32 Å². The molecule has 1 aliphatic heterocycles. The summed E-state index contributed by atoms with van der Waals surface area (Å²) in [4.78, 5) is 2.45. The third-order valence-electron chi connectivity index (χ3n) is 5.66. The fourth-order valence-corrected chi connectivity index (χ4v) is 4.13. The normalized spacial score (nSPS) is 16.5. The molecule has 1 heterocycles. The second-order valence-electron chi connectivity index (χ2n) is 7.40. The van der Waals surface area contributed by atoms with Crippen molar-refractivity contribution in [2.45, 2.75) is 13.0 Å². The average molecular weight is 377 g/mol. The van der Waals surface area contributed by atoms with E-state index in [9.17, 15) is 0 Å². The van der Waals surface area contributed by atoms with Crippen molar-refractivity contribution in [3.05, 3.63) is 66.2 Å². The lowest BCUT2D eigenvalue weighted by Crippen LogP contribution is -2.26. The summed E-state index contributed by atoms with van der Waals surface area (Å²) in [6, 6.07) is 21.0. The first-order valence-corrected chi connectivity index (χ1v) is 9.93. The number of benzene rings is 3. The highest BCUT2D eigenvalue weighted by atomic mass is 16.5. The predicted molar refractivity (Wildman–Crippen MR) is 116 cm³/mol. The van der Waals surface area contributed by atoms with Crippen LogP contribution in [0.15, 0.2) is 60.7 Å². The van der Waals surface area contributed by atoms with Gasteiger partial charge in [0.1, 0.15) is 11.5 Å². The first-order chi connectivity index (χ1) is 13.8. The molecule has 0 amide bonds. The maximum Gasteiger partial charge on any atom is 0.123 e. The number of ether oxygens (including phenoxy) is 2. The minimum atomic E-state index is 0.646. The topological polar surface area (TPSA) is 33.7 Å². The van der Waals surface area contributed by atoms with E-state index in [0.29, 0.717) is 5.92 Å². The molecule has 4 heteroatoms. The van der Waals surface area contributed by atoms with Gasteiger partial charge in [-0.15, -0.1) is 0 Å². The molecule has 28 heavy (non-hydrogen) atoms. The summed E-state index contributed by atoms with van der Waals surface area (Å²) in [5.74, 6) is 2.52. The van der Waals surface area contributed by atoms with Crippen LogP contribution < -0.4 is 19.7 Å². The summed E-state index contributed by atoms with van der Waals surface area (Å²) in [5.41, 5.74) is 2.49. The predicted octanol–water partition coefficient (Wildman–Crippen LogP) is 4.47. The molecular formula is C24H28N2O2. The van der Waals surface area contributed by atoms with Crippen molar-refractivity contribution in [2.24, 2.45) is 5.92 Å². The molecule has 1 aliphatic rings. The third-order valence-corrected chi connectivity index (χ3v) is 5.66. The standard InChI is InChI=1S/C24H28N2O2/c1-27-21-8-5-7-20(14-21)26-13-12-18(17-26)15-25-16-23-22-9-4-3-6-19(22)10-11-24(23)28-2/h3-11,14,18,25H,12-13,15-17H2,1-2H3. The second-order valence-corrected chi connectivity index (χ2v) is 7.40. The lowest BCUT2D eigenvalue weighted by molar-refractivity contribution is 0.407. The van der Waals surface area contributed by atoms with Gasteiger partial charge in [0.2, 0.25) is 0 Å². The molecule has 0 spiro atoms. The minimum absolute atomic E-state index is 0.646. The Morgan fingerprint density at radius 2 is 1.89 bits per heavy atom. The zero-order chi connectivity index (χ0) is 19.3. The average Bonchev–Trinajstić information content (AvgIpc) is 3.23. The molecule has 1 saturated heterocycles. The van der Waals surface area contributed by atoms with Crippen LogP contribution in [0, 0.1) is 5.92 Å². The smallest absolute Gasteiger partial charge is 0.123 e. The van der Waals surface area contributed by atoms with Crippen LogP contribution in [-0.2, 0) is 6.54 Å². The molecule has 0 bridgehead atoms. The monoisotopic (exact) mass is 376 g/mol. The van der Waals surface area contributed by atoms with E-state index in [1.165, 1.54) is 28.4 Å². The summed E-state index contributed by atoms with van der Waals surface area (Å²) >= 11 is 0. The summed E-state index contributed by atoms with van der Waals surface area (Å²) < 4.78 is 11.0. The zero-order valence-electron chi connectivity index (χ0n) is 16.7. The van der Waals surface area contributed by atoms with E-state index in [1.54, 1.807) is 14.2 Å². The Hall–Kier alpha value is -2.72. The van der Waals surface area contributed by atoms with Gasteiger partial charge in [-0.1, -0.05) is 36.4 Å². The van der Waals surface area contributed by atoms with Crippen molar-refractivity contribution in [3.63, 3.8) is 0 Å². The maximum absolute atomic E-state index is 5.61. The quantitative estimate of drug-likeness (QED) is 0.659. The zero-order valence-corrected chi connectivity index (χ0v) is 16.7. The number of fused-ring (bicyclic) bond motifs is 1. The van der Waals surface area contributed by atoms with Crippen molar-refractivity contribution >= 4 is 16.5 Å². The van der Waals surface area contributed by atoms with Crippen LogP contribution in [0.1, 0.15) is 12.0 Å². The molecule has 3 aromatic rings. The van der Waals surface area contributed by atoms with Crippen molar-refractivity contribution < 1.29 is 9.47 Å². The van der Waals surface area contributed by atoms with Crippen LogP contribution in [0.2, 0.25) is 0 Å². The Bertz CT molecular complexity index is 941. The van der Waals surface area contributed by atoms with Gasteiger partial charge in [-0.3, -0.25) is 0 Å². The first-order valence-electron chi connectivity index (χ1n) is 9.93. The van der Waals surface area contributed by atoms with Gasteiger partial charge in [0.05, 0.1) is 14.2 Å². The summed E-state index contributed by atoms with van der Waals surface area (Å²) in [7, 11) is 3.47. The van der Waals surface area contributed by atoms with E-state index in [4.69, 9.17) is 9.47 Å². The van der Waals surface area contributed by atoms with Crippen LogP contribution in [0.25, 0.3) is 10.8 Å². The van der Waals surface area contributed by atoms with Crippen LogP contribution in [0.5, 0.6) is 11.5 Å². The molecule has 1 atom stereocenters. The van der Waals surface area contributed by atoms with Crippen molar-refractivity contribution in [3.8, 4) is 11.5 Å². The Balaban J connectivity index is 1.38. The van der Waals surface area contributed by atoms with Crippen LogP contribution in [0.3, 0.4) is 0 Å². The second kappa shape index (κ2) is 8.53. The molecule has 0 aromatic heterocycles. The van der Waals surface area contributed by atoms with E-state index < -0.39 is 0 Å². The molecule has 0 saturated carbocycles. The van der Waals surface area contributed by atoms with Crippen LogP contribution >= 0.6 is 0 Å². The first kappa shape index (κ1) is 18.6. The number of anilines is 1. The molecule has 0 radical (unpaired) electrons. The highest BCUT2D eigenvalue weighted by molar-refractivity contribution is 5.87. The summed E-state index contributed by atoms with van der Waals surface area (Å²) in [6.07, 6.45) is 1.21. The van der Waals surface area contributed by atoms with E-state index in [0.717, 1.165) is 37.7 Å². The van der Waals surface area contributed by atoms with Gasteiger partial charge in [0.25, 0.3) is 0 Å². The molecule has 146 valence electrons. The highest BCUT2D eigenvalue weighted by Gasteiger charge is 2.22. The molecule has 3 aromatic carbocycles. The van der Waals surface area contributed by atoms with E-state index >= 15 is 0 Å². The molecule has 0 aliphatic carbocycles. The lowest BCUT2D eigenvalue weighted by atomic mass is 10.0. The number of hydrogen-bond donors (Lipinski definition) is 1. The number of rotatable bonds is 7. The van der Waals surface area contributed by atoms with Crippen molar-refractivity contribution in [1.29, 1.82) is 0 Å². The molecule has 1 N–H and O–H groups in total. The molecule has 1 unspecified atom stereocenters. The van der Waals surface area contributed by atoms with Gasteiger partial charge in [-0.05, 0) is 41.3 Å². The van der Waals surface area contributed by atoms with Crippen LogP contribution in [-0.4, -0.2) is 33.9 Å². The van der Waals surface area contributed by atoms with Gasteiger partial charge in [-0.2, -0.15) is 0 Å². The third kappa shape index (κ3) is 3.92. The van der Waals surface area contributed by atoms with Gasteiger partial charge in [-0.25, -0.2) is 0 Å². The highest BCUT2D eigenvalue weighted by Crippen LogP contribution is 2.29. The Morgan fingerprint density at radius 1 is 1.00 bits per heavy atom. The van der Waals surface area contributed by atoms with Crippen LogP contribution in [0.4, 0.5) is 5.69 Å². The Morgan fingerprint density at radius 3 is 2.75 bits per heavy atom. The molecule has 4 nitrogen and oxygen atoms in total. The lowest BCUT2D eigenvalue weighted by Gasteiger charge is -2.20. The fraction of sp³-hybridized carbons (Fsp3) is 0.333. The number of nitrogens with one attached hydrogen (secondary N) is 1. The number of hydrogen-bond acceptors (Lipinski definition) is 4. The van der Waals surface area contributed by atoms with E-state index in [-0.39, 0.29) is 0 Å². The summed E-state index contributed by atoms with van der Waals surface area (Å²) in [6.45, 7) is 4.00.